The number of benzene rings is 2. The Morgan fingerprint density at radius 2 is 1.74 bits per heavy atom. The van der Waals surface area contributed by atoms with E-state index in [2.05, 4.69) is 5.32 Å². The number of para-hydroxylation sites is 1. The van der Waals surface area contributed by atoms with Gasteiger partial charge < -0.3 is 8.98 Å². The molecule has 4 rings (SSSR count). The fourth-order valence-electron chi connectivity index (χ4n) is 2.98. The normalized spacial score (nSPS) is 10.9. The van der Waals surface area contributed by atoms with Crippen LogP contribution in [-0.2, 0) is 6.54 Å². The molecular weight excluding hydrogens is 347 g/mol. The van der Waals surface area contributed by atoms with Crippen LogP contribution in [0.1, 0.15) is 26.5 Å². The van der Waals surface area contributed by atoms with Crippen molar-refractivity contribution in [3.8, 4) is 0 Å². The molecule has 2 heterocycles. The number of aromatic nitrogens is 1. The Morgan fingerprint density at radius 1 is 0.963 bits per heavy atom. The number of imide groups is 1. The second-order valence-electron chi connectivity index (χ2n) is 6.07. The second-order valence-corrected chi connectivity index (χ2v) is 6.07. The molecule has 0 atom stereocenters. The van der Waals surface area contributed by atoms with Crippen molar-refractivity contribution in [3.63, 3.8) is 0 Å². The zero-order chi connectivity index (χ0) is 18.8. The maximum atomic E-state index is 13.1. The lowest BCUT2D eigenvalue weighted by molar-refractivity contribution is 0.0833. The van der Waals surface area contributed by atoms with Gasteiger partial charge in [0, 0.05) is 23.6 Å². The molecule has 0 unspecified atom stereocenters. The maximum absolute atomic E-state index is 13.1. The molecule has 2 amide bonds. The van der Waals surface area contributed by atoms with Gasteiger partial charge >= 0.3 is 0 Å². The van der Waals surface area contributed by atoms with Crippen molar-refractivity contribution in [1.29, 1.82) is 0 Å². The number of fused-ring (bicyclic) bond motifs is 1. The number of hydrogen-bond acceptors (Lipinski definition) is 3. The van der Waals surface area contributed by atoms with Crippen molar-refractivity contribution < 1.29 is 18.4 Å². The largest absolute Gasteiger partial charge is 0.459 e. The minimum absolute atomic E-state index is 0.0680. The highest BCUT2D eigenvalue weighted by atomic mass is 19.1. The fourth-order valence-corrected chi connectivity index (χ4v) is 2.98. The summed E-state index contributed by atoms with van der Waals surface area (Å²) in [6.07, 6.45) is 3.06. The van der Waals surface area contributed by atoms with Crippen LogP contribution in [0.3, 0.4) is 0 Å². The fraction of sp³-hybridized carbons (Fsp3) is 0.0476. The molecule has 5 nitrogen and oxygen atoms in total. The van der Waals surface area contributed by atoms with Crippen molar-refractivity contribution in [3.05, 3.63) is 95.8 Å². The van der Waals surface area contributed by atoms with Gasteiger partial charge in [0.2, 0.25) is 0 Å². The third-order valence-corrected chi connectivity index (χ3v) is 4.27. The van der Waals surface area contributed by atoms with Crippen LogP contribution in [0.25, 0.3) is 10.9 Å². The molecule has 0 aliphatic carbocycles. The molecule has 134 valence electrons. The average molecular weight is 362 g/mol. The molecule has 2 aromatic heterocycles. The van der Waals surface area contributed by atoms with E-state index in [1.54, 1.807) is 24.4 Å². The molecule has 0 bridgehead atoms. The molecule has 0 saturated carbocycles. The van der Waals surface area contributed by atoms with Crippen molar-refractivity contribution in [2.45, 2.75) is 6.54 Å². The molecule has 0 radical (unpaired) electrons. The Bertz CT molecular complexity index is 1110. The first-order valence-corrected chi connectivity index (χ1v) is 8.33. The molecule has 27 heavy (non-hydrogen) atoms. The molecule has 6 heteroatoms. The van der Waals surface area contributed by atoms with E-state index in [1.165, 1.54) is 24.5 Å². The Balaban J connectivity index is 1.66. The van der Waals surface area contributed by atoms with Gasteiger partial charge in [-0.15, -0.1) is 0 Å². The maximum Gasteiger partial charge on any atom is 0.293 e. The van der Waals surface area contributed by atoms with Gasteiger partial charge in [-0.05, 0) is 35.9 Å². The molecule has 0 aliphatic heterocycles. The lowest BCUT2D eigenvalue weighted by Crippen LogP contribution is -2.30. The van der Waals surface area contributed by atoms with E-state index in [9.17, 15) is 14.0 Å². The lowest BCUT2D eigenvalue weighted by Gasteiger charge is -2.05. The molecule has 0 aliphatic rings. The number of rotatable bonds is 4. The highest BCUT2D eigenvalue weighted by molar-refractivity contribution is 6.14. The second kappa shape index (κ2) is 6.92. The van der Waals surface area contributed by atoms with E-state index >= 15 is 0 Å². The summed E-state index contributed by atoms with van der Waals surface area (Å²) in [6, 6.07) is 16.7. The minimum atomic E-state index is -0.597. The summed E-state index contributed by atoms with van der Waals surface area (Å²) in [7, 11) is 0. The van der Waals surface area contributed by atoms with Crippen LogP contribution in [0.15, 0.2) is 77.5 Å². The zero-order valence-corrected chi connectivity index (χ0v) is 14.2. The number of hydrogen-bond donors (Lipinski definition) is 1. The number of carbonyl (C=O) groups excluding carboxylic acids is 2. The monoisotopic (exact) mass is 362 g/mol. The van der Waals surface area contributed by atoms with Gasteiger partial charge in [-0.25, -0.2) is 4.39 Å². The number of nitrogens with one attached hydrogen (secondary N) is 1. The van der Waals surface area contributed by atoms with E-state index in [0.717, 1.165) is 16.5 Å². The SMILES string of the molecule is O=C(NC(=O)c1cn(Cc2ccc(F)cc2)c2ccccc12)c1ccco1. The van der Waals surface area contributed by atoms with E-state index in [4.69, 9.17) is 4.42 Å². The summed E-state index contributed by atoms with van der Waals surface area (Å²) < 4.78 is 20.0. The number of furan rings is 1. The lowest BCUT2D eigenvalue weighted by atomic mass is 10.1. The molecule has 4 aromatic rings. The van der Waals surface area contributed by atoms with Crippen LogP contribution in [0.5, 0.6) is 0 Å². The van der Waals surface area contributed by atoms with Gasteiger partial charge in [-0.2, -0.15) is 0 Å². The predicted molar refractivity (Wildman–Crippen MR) is 97.9 cm³/mol. The van der Waals surface area contributed by atoms with Crippen LogP contribution >= 0.6 is 0 Å². The summed E-state index contributed by atoms with van der Waals surface area (Å²) in [4.78, 5) is 24.7. The van der Waals surface area contributed by atoms with Crippen molar-refractivity contribution in [1.82, 2.24) is 9.88 Å². The third-order valence-electron chi connectivity index (χ3n) is 4.27. The van der Waals surface area contributed by atoms with Crippen molar-refractivity contribution >= 4 is 22.7 Å². The zero-order valence-electron chi connectivity index (χ0n) is 14.2. The molecule has 2 aromatic carbocycles. The molecule has 0 fully saturated rings. The third kappa shape index (κ3) is 3.37. The first-order chi connectivity index (χ1) is 13.1. The van der Waals surface area contributed by atoms with Crippen LogP contribution < -0.4 is 5.32 Å². The minimum Gasteiger partial charge on any atom is -0.459 e. The Morgan fingerprint density at radius 3 is 2.48 bits per heavy atom. The van der Waals surface area contributed by atoms with Crippen LogP contribution in [-0.4, -0.2) is 16.4 Å². The van der Waals surface area contributed by atoms with Gasteiger partial charge in [0.05, 0.1) is 11.8 Å². The van der Waals surface area contributed by atoms with Gasteiger partial charge in [0.15, 0.2) is 5.76 Å². The summed E-state index contributed by atoms with van der Waals surface area (Å²) in [6.45, 7) is 0.472. The van der Waals surface area contributed by atoms with E-state index in [0.29, 0.717) is 12.1 Å². The number of amides is 2. The van der Waals surface area contributed by atoms with E-state index < -0.39 is 11.8 Å². The Kier molecular flexibility index (Phi) is 4.30. The van der Waals surface area contributed by atoms with Crippen molar-refractivity contribution in [2.75, 3.05) is 0 Å². The van der Waals surface area contributed by atoms with E-state index in [-0.39, 0.29) is 11.6 Å². The average Bonchev–Trinajstić information content (AvgIpc) is 3.32. The number of carbonyl (C=O) groups is 2. The first kappa shape index (κ1) is 16.8. The molecular formula is C21H15FN2O3. The molecule has 0 saturated heterocycles. The predicted octanol–water partition coefficient (Wildman–Crippen LogP) is 3.99. The topological polar surface area (TPSA) is 64.2 Å². The first-order valence-electron chi connectivity index (χ1n) is 8.33. The van der Waals surface area contributed by atoms with Gasteiger partial charge in [-0.1, -0.05) is 30.3 Å². The number of nitrogens with zero attached hydrogens (tertiary/aromatic N) is 1. The molecule has 0 spiro atoms. The van der Waals surface area contributed by atoms with Gasteiger partial charge in [0.1, 0.15) is 5.82 Å². The Hall–Kier alpha value is -3.67. The smallest absolute Gasteiger partial charge is 0.293 e. The highest BCUT2D eigenvalue weighted by Crippen LogP contribution is 2.22. The summed E-state index contributed by atoms with van der Waals surface area (Å²) in [5.41, 5.74) is 2.13. The van der Waals surface area contributed by atoms with Crippen LogP contribution in [0.4, 0.5) is 4.39 Å². The highest BCUT2D eigenvalue weighted by Gasteiger charge is 2.19. The molecule has 1 N–H and O–H groups in total. The van der Waals surface area contributed by atoms with E-state index in [1.807, 2.05) is 28.8 Å². The Labute approximate surface area is 154 Å². The van der Waals surface area contributed by atoms with Gasteiger partial charge in [-0.3, -0.25) is 14.9 Å². The standard InChI is InChI=1S/C21H15FN2O3/c22-15-9-7-14(8-10-15)12-24-13-17(16-4-1-2-5-18(16)24)20(25)23-21(26)19-6-3-11-27-19/h1-11,13H,12H2,(H,23,25,26). The quantitative estimate of drug-likeness (QED) is 0.558. The summed E-state index contributed by atoms with van der Waals surface area (Å²) >= 11 is 0. The van der Waals surface area contributed by atoms with Crippen LogP contribution in [0.2, 0.25) is 0 Å². The summed E-state index contributed by atoms with van der Waals surface area (Å²) in [5, 5.41) is 3.07. The van der Waals surface area contributed by atoms with Crippen LogP contribution in [0, 0.1) is 5.82 Å². The van der Waals surface area contributed by atoms with Crippen molar-refractivity contribution in [2.24, 2.45) is 0 Å². The number of halogens is 1. The van der Waals surface area contributed by atoms with Gasteiger partial charge in [0.25, 0.3) is 11.8 Å². The summed E-state index contributed by atoms with van der Waals surface area (Å²) in [5.74, 6) is -1.34.